The van der Waals surface area contributed by atoms with E-state index in [1.807, 2.05) is 0 Å². The van der Waals surface area contributed by atoms with Gasteiger partial charge in [-0.2, -0.15) is 83.1 Å². The number of halogens is 17. The maximum atomic E-state index is 14.6. The van der Waals surface area contributed by atoms with Crippen LogP contribution in [0.15, 0.2) is 0 Å². The molecule has 24 heteroatoms. The van der Waals surface area contributed by atoms with Gasteiger partial charge in [0.15, 0.2) is 0 Å². The average Bonchev–Trinajstić information content (AvgIpc) is 2.89. The molecule has 0 bridgehead atoms. The first kappa shape index (κ1) is 39.6. The molecule has 5 nitrogen and oxygen atoms in total. The smallest absolute Gasteiger partial charge is 0.300 e. The number of hydrogen-bond acceptors (Lipinski definition) is 5. The summed E-state index contributed by atoms with van der Waals surface area (Å²) in [5.74, 6) is -57.9. The second kappa shape index (κ2) is 11.8. The monoisotopic (exact) mass is 740 g/mol. The number of rotatable bonds is 12. The molecule has 1 heterocycles. The minimum atomic E-state index is -8.96. The van der Waals surface area contributed by atoms with Crippen LogP contribution >= 0.6 is 10.3 Å². The second-order valence-corrected chi connectivity index (χ2v) is 15.3. The number of alkyl halides is 17. The predicted octanol–water partition coefficient (Wildman–Crippen LogP) is 7.53. The molecule has 0 aromatic heterocycles. The van der Waals surface area contributed by atoms with Crippen molar-refractivity contribution in [2.24, 2.45) is 5.92 Å². The lowest BCUT2D eigenvalue weighted by atomic mass is 9.87. The number of carbonyl (C=O) groups excluding carboxylic acids is 2. The van der Waals surface area contributed by atoms with Gasteiger partial charge >= 0.3 is 57.1 Å². The fourth-order valence-electron chi connectivity index (χ4n) is 4.40. The Morgan fingerprint density at radius 2 is 1.02 bits per heavy atom. The van der Waals surface area contributed by atoms with E-state index >= 15 is 0 Å². The lowest BCUT2D eigenvalue weighted by Crippen LogP contribution is -2.75. The Morgan fingerprint density at radius 3 is 1.42 bits per heavy atom. The van der Waals surface area contributed by atoms with Crippen molar-refractivity contribution in [1.82, 2.24) is 0 Å². The molecule has 2 aliphatic rings. The predicted molar refractivity (Wildman–Crippen MR) is 119 cm³/mol. The molecule has 1 aliphatic carbocycles. The van der Waals surface area contributed by atoms with Crippen molar-refractivity contribution in [1.29, 1.82) is 0 Å². The van der Waals surface area contributed by atoms with Gasteiger partial charge in [-0.05, 0) is 12.8 Å². The summed E-state index contributed by atoms with van der Waals surface area (Å²) < 4.78 is 260. The van der Waals surface area contributed by atoms with Crippen LogP contribution < -0.4 is 0 Å². The van der Waals surface area contributed by atoms with Gasteiger partial charge in [-0.15, -0.1) is 10.3 Å². The van der Waals surface area contributed by atoms with E-state index in [2.05, 4.69) is 3.63 Å². The standard InChI is InChI=1S/C21H21F17O5S2/c22-14(23,16(26,27)18(30,31)20(34,35)36)15(24,25)17(28,29)19(32,33)21(37,38)45(41,42)43-44(8-6-12(39)7-9-44)10-13(40)11-4-2-1-3-5-11/h11H,1-10H2. The first-order valence-electron chi connectivity index (χ1n) is 12.3. The van der Waals surface area contributed by atoms with Crippen LogP contribution in [0, 0.1) is 5.92 Å². The molecule has 2 rings (SSSR count). The zero-order valence-corrected chi connectivity index (χ0v) is 23.6. The number of Topliss-reactive ketones (excluding diaryl/α,β-unsaturated/α-hetero) is 2. The van der Waals surface area contributed by atoms with E-state index in [0.717, 1.165) is 0 Å². The summed E-state index contributed by atoms with van der Waals surface area (Å²) in [4.78, 5) is 24.4. The maximum absolute atomic E-state index is 14.6. The Hall–Kier alpha value is -1.59. The Balaban J connectivity index is 2.57. The molecule has 0 N–H and O–H groups in total. The largest absolute Gasteiger partial charge is 0.460 e. The third kappa shape index (κ3) is 6.23. The van der Waals surface area contributed by atoms with Crippen LogP contribution in [0.1, 0.15) is 44.9 Å². The van der Waals surface area contributed by atoms with E-state index in [9.17, 15) is 92.6 Å². The molecule has 0 aromatic carbocycles. The molecular weight excluding hydrogens is 719 g/mol. The fraction of sp³-hybridized carbons (Fsp3) is 0.905. The number of carbonyl (C=O) groups is 2. The van der Waals surface area contributed by atoms with E-state index in [1.54, 1.807) is 0 Å². The molecule has 0 spiro atoms. The summed E-state index contributed by atoms with van der Waals surface area (Å²) in [7, 11) is -11.9. The molecule has 266 valence electrons. The topological polar surface area (TPSA) is 77.5 Å². The van der Waals surface area contributed by atoms with Gasteiger partial charge in [-0.25, -0.2) is 3.63 Å². The average molecular weight is 740 g/mol. The summed E-state index contributed by atoms with van der Waals surface area (Å²) in [5.41, 5.74) is 0. The van der Waals surface area contributed by atoms with E-state index in [-0.39, 0.29) is 12.8 Å². The van der Waals surface area contributed by atoms with Crippen molar-refractivity contribution in [2.45, 2.75) is 91.9 Å². The summed E-state index contributed by atoms with van der Waals surface area (Å²) in [5, 5.41) is -7.83. The van der Waals surface area contributed by atoms with Crippen molar-refractivity contribution in [3.63, 3.8) is 0 Å². The van der Waals surface area contributed by atoms with E-state index in [1.165, 1.54) is 0 Å². The Kier molecular flexibility index (Phi) is 10.4. The Labute approximate surface area is 243 Å². The van der Waals surface area contributed by atoms with Crippen LogP contribution in [0.5, 0.6) is 0 Å². The van der Waals surface area contributed by atoms with Crippen molar-refractivity contribution in [3.05, 3.63) is 0 Å². The summed E-state index contributed by atoms with van der Waals surface area (Å²) in [6.07, 6.45) is -7.57. The van der Waals surface area contributed by atoms with Crippen LogP contribution in [-0.2, 0) is 23.3 Å². The third-order valence-electron chi connectivity index (χ3n) is 7.21. The molecule has 0 radical (unpaired) electrons. The lowest BCUT2D eigenvalue weighted by Gasteiger charge is -2.44. The van der Waals surface area contributed by atoms with E-state index < -0.39 is 115 Å². The van der Waals surface area contributed by atoms with Gasteiger partial charge in [0, 0.05) is 30.3 Å². The van der Waals surface area contributed by atoms with Crippen molar-refractivity contribution >= 4 is 32.0 Å². The van der Waals surface area contributed by atoms with Gasteiger partial charge in [0.2, 0.25) is 0 Å². The highest BCUT2D eigenvalue weighted by Gasteiger charge is 2.96. The first-order chi connectivity index (χ1) is 19.8. The summed E-state index contributed by atoms with van der Waals surface area (Å²) in [6, 6.07) is 0. The number of hydrogen-bond donors (Lipinski definition) is 0. The normalized spacial score (nSPS) is 21.5. The highest BCUT2D eigenvalue weighted by Crippen LogP contribution is 2.65. The fourth-order valence-corrected chi connectivity index (χ4v) is 9.89. The summed E-state index contributed by atoms with van der Waals surface area (Å²) >= 11 is 0. The second-order valence-electron chi connectivity index (χ2n) is 10.3. The number of ketones is 2. The molecular formula is C21H21F17O5S2. The molecule has 1 saturated heterocycles. The maximum Gasteiger partial charge on any atom is 0.460 e. The van der Waals surface area contributed by atoms with Crippen LogP contribution in [0.25, 0.3) is 0 Å². The molecule has 45 heavy (non-hydrogen) atoms. The van der Waals surface area contributed by atoms with Gasteiger partial charge in [-0.3, -0.25) is 9.59 Å². The molecule has 0 aromatic rings. The highest BCUT2D eigenvalue weighted by atomic mass is 32.3. The van der Waals surface area contributed by atoms with Gasteiger partial charge < -0.3 is 0 Å². The molecule has 0 atom stereocenters. The van der Waals surface area contributed by atoms with Gasteiger partial charge in [-0.1, -0.05) is 19.3 Å². The highest BCUT2D eigenvalue weighted by molar-refractivity contribution is 8.33. The minimum absolute atomic E-state index is 0.168. The first-order valence-corrected chi connectivity index (χ1v) is 15.7. The Morgan fingerprint density at radius 1 is 0.644 bits per heavy atom. The molecule has 2 fully saturated rings. The van der Waals surface area contributed by atoms with Crippen LogP contribution in [0.4, 0.5) is 74.6 Å². The quantitative estimate of drug-likeness (QED) is 0.194. The summed E-state index contributed by atoms with van der Waals surface area (Å²) in [6.45, 7) is 0. The van der Waals surface area contributed by atoms with Crippen LogP contribution in [0.3, 0.4) is 0 Å². The zero-order chi connectivity index (χ0) is 35.5. The van der Waals surface area contributed by atoms with Crippen molar-refractivity contribution < 1.29 is 96.3 Å². The lowest BCUT2D eigenvalue weighted by molar-refractivity contribution is -0.458. The van der Waals surface area contributed by atoms with Gasteiger partial charge in [0.1, 0.15) is 11.6 Å². The van der Waals surface area contributed by atoms with E-state index in [4.69, 9.17) is 0 Å². The molecule has 1 aliphatic heterocycles. The van der Waals surface area contributed by atoms with E-state index in [0.29, 0.717) is 19.3 Å². The SMILES string of the molecule is O=C1CCS(CC(=O)C2CCCCC2)(OS(=O)(=O)C(F)(F)C(F)(F)C(F)(F)C(F)(F)C(F)(F)C(F)(F)C(F)(F)C(F)(F)F)CC1. The molecule has 1 saturated carbocycles. The van der Waals surface area contributed by atoms with Crippen molar-refractivity contribution in [3.8, 4) is 0 Å². The van der Waals surface area contributed by atoms with Crippen LogP contribution in [0.2, 0.25) is 0 Å². The zero-order valence-electron chi connectivity index (χ0n) is 21.9. The Bertz CT molecular complexity index is 1230. The third-order valence-corrected chi connectivity index (χ3v) is 12.7. The van der Waals surface area contributed by atoms with Crippen LogP contribution in [-0.4, -0.2) is 84.2 Å². The minimum Gasteiger partial charge on any atom is -0.300 e. The van der Waals surface area contributed by atoms with Gasteiger partial charge in [0.05, 0.1) is 5.75 Å². The van der Waals surface area contributed by atoms with Crippen molar-refractivity contribution in [2.75, 3.05) is 17.3 Å². The molecule has 0 unspecified atom stereocenters. The molecule has 0 amide bonds. The van der Waals surface area contributed by atoms with Gasteiger partial charge in [0.25, 0.3) is 0 Å².